The first kappa shape index (κ1) is 13.7. The van der Waals surface area contributed by atoms with Crippen molar-refractivity contribution in [3.05, 3.63) is 18.0 Å². The number of aromatic nitrogens is 2. The summed E-state index contributed by atoms with van der Waals surface area (Å²) in [6, 6.07) is 2.69. The fraction of sp³-hybridized carbons (Fsp3) is 0.667. The minimum absolute atomic E-state index is 0.233. The lowest BCUT2D eigenvalue weighted by atomic mass is 10.2. The van der Waals surface area contributed by atoms with Gasteiger partial charge in [-0.15, -0.1) is 0 Å². The molecule has 5 nitrogen and oxygen atoms in total. The van der Waals surface area contributed by atoms with Crippen LogP contribution in [-0.2, 0) is 6.54 Å². The summed E-state index contributed by atoms with van der Waals surface area (Å²) in [5.41, 5.74) is 6.46. The zero-order valence-electron chi connectivity index (χ0n) is 11.1. The number of hydrogen-bond acceptors (Lipinski definition) is 3. The predicted molar refractivity (Wildman–Crippen MR) is 70.1 cm³/mol. The molecule has 1 rings (SSSR count). The third-order valence-corrected chi connectivity index (χ3v) is 2.87. The molecular weight excluding hydrogens is 214 g/mol. The Hall–Kier alpha value is -1.36. The number of rotatable bonds is 6. The second-order valence-electron chi connectivity index (χ2n) is 4.87. The molecule has 0 aromatic carbocycles. The molecule has 5 heteroatoms. The molecule has 0 saturated heterocycles. The Morgan fingerprint density at radius 2 is 2.18 bits per heavy atom. The van der Waals surface area contributed by atoms with E-state index in [1.165, 1.54) is 0 Å². The summed E-state index contributed by atoms with van der Waals surface area (Å²) in [5, 5.41) is 11.8. The van der Waals surface area contributed by atoms with Crippen LogP contribution in [0, 0.1) is 5.41 Å². The van der Waals surface area contributed by atoms with Crippen LogP contribution >= 0.6 is 0 Å². The van der Waals surface area contributed by atoms with Gasteiger partial charge in [0, 0.05) is 31.2 Å². The van der Waals surface area contributed by atoms with Crippen molar-refractivity contribution in [2.24, 2.45) is 5.73 Å². The minimum Gasteiger partial charge on any atom is -0.388 e. The van der Waals surface area contributed by atoms with Gasteiger partial charge in [0.05, 0.1) is 11.5 Å². The highest BCUT2D eigenvalue weighted by Gasteiger charge is 2.12. The van der Waals surface area contributed by atoms with Gasteiger partial charge in [-0.05, 0) is 33.9 Å². The lowest BCUT2D eigenvalue weighted by molar-refractivity contribution is 0.250. The summed E-state index contributed by atoms with van der Waals surface area (Å²) in [4.78, 5) is 2.16. The van der Waals surface area contributed by atoms with Crippen LogP contribution in [0.1, 0.15) is 38.9 Å². The van der Waals surface area contributed by atoms with E-state index in [4.69, 9.17) is 11.1 Å². The minimum atomic E-state index is 0.233. The number of nitrogens with one attached hydrogen (secondary N) is 1. The lowest BCUT2D eigenvalue weighted by Gasteiger charge is -2.23. The molecule has 0 aliphatic rings. The maximum Gasteiger partial charge on any atom is 0.0920 e. The van der Waals surface area contributed by atoms with E-state index < -0.39 is 0 Å². The van der Waals surface area contributed by atoms with E-state index in [1.807, 2.05) is 24.0 Å². The van der Waals surface area contributed by atoms with Crippen LogP contribution in [0.5, 0.6) is 0 Å². The Balaban J connectivity index is 2.55. The molecule has 0 aliphatic carbocycles. The van der Waals surface area contributed by atoms with Crippen molar-refractivity contribution >= 4 is 5.84 Å². The molecule has 0 spiro atoms. The third kappa shape index (κ3) is 4.19. The summed E-state index contributed by atoms with van der Waals surface area (Å²) < 4.78 is 1.96. The van der Waals surface area contributed by atoms with Crippen LogP contribution in [-0.4, -0.2) is 33.6 Å². The second kappa shape index (κ2) is 5.82. The van der Waals surface area contributed by atoms with Crippen molar-refractivity contribution < 1.29 is 0 Å². The summed E-state index contributed by atoms with van der Waals surface area (Å²) >= 11 is 0. The second-order valence-corrected chi connectivity index (χ2v) is 4.87. The highest BCUT2D eigenvalue weighted by atomic mass is 15.3. The average Bonchev–Trinajstić information content (AvgIpc) is 2.65. The van der Waals surface area contributed by atoms with E-state index in [9.17, 15) is 0 Å². The molecule has 96 valence electrons. The molecule has 1 aromatic heterocycles. The Kier molecular flexibility index (Phi) is 4.69. The molecule has 0 amide bonds. The Bertz CT molecular complexity index is 369. The monoisotopic (exact) mass is 237 g/mol. The molecule has 0 saturated carbocycles. The smallest absolute Gasteiger partial charge is 0.0920 e. The SMILES string of the molecule is CC(CC(=N)N)N(C)Cc1ccn(C(C)C)n1. The van der Waals surface area contributed by atoms with Gasteiger partial charge < -0.3 is 5.73 Å². The first-order chi connectivity index (χ1) is 7.90. The van der Waals surface area contributed by atoms with E-state index in [1.54, 1.807) is 0 Å². The number of amidine groups is 1. The van der Waals surface area contributed by atoms with Gasteiger partial charge in [0.25, 0.3) is 0 Å². The Labute approximate surface area is 103 Å². The van der Waals surface area contributed by atoms with Crippen LogP contribution in [0.15, 0.2) is 12.3 Å². The van der Waals surface area contributed by atoms with Gasteiger partial charge in [-0.2, -0.15) is 5.10 Å². The number of nitrogens with two attached hydrogens (primary N) is 1. The van der Waals surface area contributed by atoms with Gasteiger partial charge in [0.15, 0.2) is 0 Å². The zero-order valence-corrected chi connectivity index (χ0v) is 11.1. The normalized spacial score (nSPS) is 13.3. The molecule has 0 fully saturated rings. The average molecular weight is 237 g/mol. The van der Waals surface area contributed by atoms with Gasteiger partial charge in [-0.3, -0.25) is 15.0 Å². The van der Waals surface area contributed by atoms with Gasteiger partial charge in [0.2, 0.25) is 0 Å². The van der Waals surface area contributed by atoms with Crippen LogP contribution < -0.4 is 5.73 Å². The van der Waals surface area contributed by atoms with Crippen molar-refractivity contribution in [1.29, 1.82) is 5.41 Å². The van der Waals surface area contributed by atoms with E-state index in [2.05, 4.69) is 30.8 Å². The fourth-order valence-corrected chi connectivity index (χ4v) is 1.63. The number of hydrogen-bond donors (Lipinski definition) is 2. The van der Waals surface area contributed by atoms with Gasteiger partial charge in [-0.25, -0.2) is 0 Å². The van der Waals surface area contributed by atoms with Crippen molar-refractivity contribution in [1.82, 2.24) is 14.7 Å². The molecule has 0 bridgehead atoms. The van der Waals surface area contributed by atoms with Gasteiger partial charge >= 0.3 is 0 Å². The molecular formula is C12H23N5. The molecule has 0 radical (unpaired) electrons. The Morgan fingerprint density at radius 1 is 1.53 bits per heavy atom. The molecule has 1 heterocycles. The highest BCUT2D eigenvalue weighted by molar-refractivity contribution is 5.77. The number of nitrogens with zero attached hydrogens (tertiary/aromatic N) is 3. The largest absolute Gasteiger partial charge is 0.388 e. The van der Waals surface area contributed by atoms with Crippen LogP contribution in [0.3, 0.4) is 0 Å². The van der Waals surface area contributed by atoms with Crippen molar-refractivity contribution in [2.75, 3.05) is 7.05 Å². The molecule has 1 unspecified atom stereocenters. The standard InChI is InChI=1S/C12H23N5/c1-9(2)17-6-5-11(15-17)8-16(4)10(3)7-12(13)14/h5-6,9-10H,7-8H2,1-4H3,(H3,13,14). The summed E-state index contributed by atoms with van der Waals surface area (Å²) in [7, 11) is 2.03. The molecule has 1 aromatic rings. The van der Waals surface area contributed by atoms with Crippen LogP contribution in [0.4, 0.5) is 0 Å². The zero-order chi connectivity index (χ0) is 13.0. The first-order valence-electron chi connectivity index (χ1n) is 5.97. The molecule has 3 N–H and O–H groups in total. The van der Waals surface area contributed by atoms with Gasteiger partial charge in [-0.1, -0.05) is 0 Å². The Morgan fingerprint density at radius 3 is 2.65 bits per heavy atom. The predicted octanol–water partition coefficient (Wildman–Crippen LogP) is 1.61. The van der Waals surface area contributed by atoms with Crippen molar-refractivity contribution in [3.63, 3.8) is 0 Å². The van der Waals surface area contributed by atoms with E-state index in [0.717, 1.165) is 12.2 Å². The van der Waals surface area contributed by atoms with Crippen LogP contribution in [0.25, 0.3) is 0 Å². The van der Waals surface area contributed by atoms with Crippen LogP contribution in [0.2, 0.25) is 0 Å². The van der Waals surface area contributed by atoms with E-state index >= 15 is 0 Å². The molecule has 17 heavy (non-hydrogen) atoms. The lowest BCUT2D eigenvalue weighted by Crippen LogP contribution is -2.32. The molecule has 1 atom stereocenters. The van der Waals surface area contributed by atoms with E-state index in [-0.39, 0.29) is 11.9 Å². The maximum absolute atomic E-state index is 7.29. The van der Waals surface area contributed by atoms with Crippen molar-refractivity contribution in [2.45, 2.75) is 45.8 Å². The topological polar surface area (TPSA) is 70.9 Å². The summed E-state index contributed by atoms with van der Waals surface area (Å²) in [6.07, 6.45) is 2.60. The highest BCUT2D eigenvalue weighted by Crippen LogP contribution is 2.09. The summed E-state index contributed by atoms with van der Waals surface area (Å²) in [6.45, 7) is 7.08. The maximum atomic E-state index is 7.29. The van der Waals surface area contributed by atoms with Gasteiger partial charge in [0.1, 0.15) is 0 Å². The first-order valence-corrected chi connectivity index (χ1v) is 5.97. The quantitative estimate of drug-likeness (QED) is 0.583. The van der Waals surface area contributed by atoms with Crippen molar-refractivity contribution in [3.8, 4) is 0 Å². The fourth-order valence-electron chi connectivity index (χ4n) is 1.63. The summed E-state index contributed by atoms with van der Waals surface area (Å²) in [5.74, 6) is 0.233. The third-order valence-electron chi connectivity index (χ3n) is 2.87. The molecule has 0 aliphatic heterocycles. The van der Waals surface area contributed by atoms with E-state index in [0.29, 0.717) is 12.5 Å².